The van der Waals surface area contributed by atoms with Crippen molar-refractivity contribution in [1.29, 1.82) is 0 Å². The lowest BCUT2D eigenvalue weighted by molar-refractivity contribution is -0.139. The number of rotatable bonds is 4. The number of hydrogen-bond donors (Lipinski definition) is 2. The Bertz CT molecular complexity index is 766. The van der Waals surface area contributed by atoms with Crippen molar-refractivity contribution in [2.45, 2.75) is 26.1 Å². The van der Waals surface area contributed by atoms with Gasteiger partial charge in [-0.3, -0.25) is 4.79 Å². The number of carboxylic acid groups (broad SMARTS) is 1. The van der Waals surface area contributed by atoms with Crippen LogP contribution < -0.4 is 5.32 Å². The molecule has 2 rings (SSSR count). The van der Waals surface area contributed by atoms with E-state index in [4.69, 9.17) is 0 Å². The number of aryl methyl sites for hydroxylation is 2. The van der Waals surface area contributed by atoms with Crippen molar-refractivity contribution in [2.75, 3.05) is 0 Å². The summed E-state index contributed by atoms with van der Waals surface area (Å²) < 4.78 is 37.6. The molecule has 0 spiro atoms. The molecule has 5 nitrogen and oxygen atoms in total. The van der Waals surface area contributed by atoms with E-state index in [2.05, 4.69) is 10.3 Å². The molecule has 1 heterocycles. The summed E-state index contributed by atoms with van der Waals surface area (Å²) in [5.41, 5.74) is 1.47. The monoisotopic (exact) mass is 358 g/mol. The van der Waals surface area contributed by atoms with Crippen LogP contribution in [-0.4, -0.2) is 22.0 Å². The van der Waals surface area contributed by atoms with Crippen LogP contribution in [0.4, 0.5) is 13.2 Å². The van der Waals surface area contributed by atoms with Crippen LogP contribution in [0.25, 0.3) is 0 Å². The number of carbonyl (C=O) groups excluding carboxylic acids is 1. The van der Waals surface area contributed by atoms with Crippen LogP contribution in [0.2, 0.25) is 0 Å². The van der Waals surface area contributed by atoms with Crippen molar-refractivity contribution in [3.8, 4) is 0 Å². The van der Waals surface area contributed by atoms with Gasteiger partial charge < -0.3 is 10.4 Å². The minimum atomic E-state index is -4.65. The molecular weight excluding hydrogens is 345 g/mol. The van der Waals surface area contributed by atoms with Gasteiger partial charge in [0.15, 0.2) is 11.0 Å². The first kappa shape index (κ1) is 17.9. The highest BCUT2D eigenvalue weighted by Crippen LogP contribution is 2.31. The lowest BCUT2D eigenvalue weighted by atomic mass is 10.0. The molecule has 1 unspecified atom stereocenters. The van der Waals surface area contributed by atoms with E-state index in [1.54, 1.807) is 26.0 Å². The average Bonchev–Trinajstić information content (AvgIpc) is 2.92. The summed E-state index contributed by atoms with van der Waals surface area (Å²) in [4.78, 5) is 26.7. The van der Waals surface area contributed by atoms with Crippen LogP contribution in [0.5, 0.6) is 0 Å². The Morgan fingerprint density at radius 1 is 1.21 bits per heavy atom. The third kappa shape index (κ3) is 4.10. The van der Waals surface area contributed by atoms with E-state index < -0.39 is 34.8 Å². The zero-order valence-electron chi connectivity index (χ0n) is 12.6. The quantitative estimate of drug-likeness (QED) is 0.879. The van der Waals surface area contributed by atoms with Crippen molar-refractivity contribution in [1.82, 2.24) is 10.3 Å². The second-order valence-electron chi connectivity index (χ2n) is 5.20. The Morgan fingerprint density at radius 3 is 2.25 bits per heavy atom. The number of nitrogens with one attached hydrogen (secondary N) is 1. The molecule has 0 radical (unpaired) electrons. The Labute approximate surface area is 139 Å². The SMILES string of the molecule is Cc1cc(C)cc(C(NC(=O)c2csc(C(F)(F)F)n2)C(=O)O)c1. The van der Waals surface area contributed by atoms with Crippen LogP contribution in [0, 0.1) is 13.8 Å². The second-order valence-corrected chi connectivity index (χ2v) is 6.06. The van der Waals surface area contributed by atoms with Gasteiger partial charge in [-0.15, -0.1) is 11.3 Å². The van der Waals surface area contributed by atoms with E-state index in [0.29, 0.717) is 5.56 Å². The molecule has 1 aromatic heterocycles. The van der Waals surface area contributed by atoms with Gasteiger partial charge in [0, 0.05) is 5.38 Å². The van der Waals surface area contributed by atoms with Gasteiger partial charge in [0.25, 0.3) is 5.91 Å². The third-order valence-electron chi connectivity index (χ3n) is 3.08. The van der Waals surface area contributed by atoms with Crippen LogP contribution in [0.15, 0.2) is 23.6 Å². The second kappa shape index (κ2) is 6.60. The van der Waals surface area contributed by atoms with Gasteiger partial charge in [-0.05, 0) is 19.4 Å². The molecule has 0 aliphatic rings. The number of carbonyl (C=O) groups is 2. The first-order chi connectivity index (χ1) is 11.1. The summed E-state index contributed by atoms with van der Waals surface area (Å²) in [5.74, 6) is -2.30. The van der Waals surface area contributed by atoms with Crippen molar-refractivity contribution >= 4 is 23.2 Å². The topological polar surface area (TPSA) is 79.3 Å². The highest BCUT2D eigenvalue weighted by atomic mass is 32.1. The maximum absolute atomic E-state index is 12.5. The molecule has 2 N–H and O–H groups in total. The molecule has 128 valence electrons. The first-order valence-electron chi connectivity index (χ1n) is 6.72. The Kier molecular flexibility index (Phi) is 4.93. The number of carboxylic acids is 1. The fourth-order valence-electron chi connectivity index (χ4n) is 2.18. The number of thiazole rings is 1. The van der Waals surface area contributed by atoms with Crippen LogP contribution in [-0.2, 0) is 11.0 Å². The minimum absolute atomic E-state index is 0.277. The van der Waals surface area contributed by atoms with Crippen LogP contribution in [0.1, 0.15) is 38.2 Å². The normalized spacial score (nSPS) is 12.7. The Balaban J connectivity index is 2.26. The summed E-state index contributed by atoms with van der Waals surface area (Å²) in [6.45, 7) is 3.54. The Hall–Kier alpha value is -2.42. The summed E-state index contributed by atoms with van der Waals surface area (Å²) >= 11 is 0.277. The molecule has 0 saturated heterocycles. The number of hydrogen-bond acceptors (Lipinski definition) is 4. The van der Waals surface area contributed by atoms with Crippen LogP contribution in [0.3, 0.4) is 0 Å². The molecule has 0 fully saturated rings. The number of alkyl halides is 3. The molecule has 9 heteroatoms. The molecular formula is C15H13F3N2O3S. The van der Waals surface area contributed by atoms with Gasteiger partial charge >= 0.3 is 12.1 Å². The number of aromatic nitrogens is 1. The first-order valence-corrected chi connectivity index (χ1v) is 7.60. The van der Waals surface area contributed by atoms with Gasteiger partial charge in [0.2, 0.25) is 0 Å². The van der Waals surface area contributed by atoms with E-state index in [1.165, 1.54) is 0 Å². The number of nitrogens with zero attached hydrogens (tertiary/aromatic N) is 1. The van der Waals surface area contributed by atoms with Crippen molar-refractivity contribution in [2.24, 2.45) is 0 Å². The number of benzene rings is 1. The molecule has 1 atom stereocenters. The molecule has 0 bridgehead atoms. The molecule has 0 saturated carbocycles. The summed E-state index contributed by atoms with van der Waals surface area (Å²) in [5, 5.41) is 11.3. The van der Waals surface area contributed by atoms with Crippen molar-refractivity contribution in [3.63, 3.8) is 0 Å². The molecule has 1 aromatic carbocycles. The number of aliphatic carboxylic acids is 1. The molecule has 2 aromatic rings. The molecule has 1 amide bonds. The Morgan fingerprint density at radius 2 is 1.79 bits per heavy atom. The maximum atomic E-state index is 12.5. The highest BCUT2D eigenvalue weighted by Gasteiger charge is 2.35. The third-order valence-corrected chi connectivity index (χ3v) is 3.97. The van der Waals surface area contributed by atoms with E-state index in [-0.39, 0.29) is 11.3 Å². The number of halogens is 3. The lowest BCUT2D eigenvalue weighted by Crippen LogP contribution is -2.34. The predicted molar refractivity (Wildman–Crippen MR) is 80.9 cm³/mol. The summed E-state index contributed by atoms with van der Waals surface area (Å²) in [7, 11) is 0. The van der Waals surface area contributed by atoms with Crippen molar-refractivity contribution in [3.05, 3.63) is 51.0 Å². The molecule has 0 aliphatic carbocycles. The number of amides is 1. The fraction of sp³-hybridized carbons (Fsp3) is 0.267. The van der Waals surface area contributed by atoms with Gasteiger partial charge in [-0.25, -0.2) is 9.78 Å². The predicted octanol–water partition coefficient (Wildman–Crippen LogP) is 3.33. The average molecular weight is 358 g/mol. The van der Waals surface area contributed by atoms with Crippen LogP contribution >= 0.6 is 11.3 Å². The van der Waals surface area contributed by atoms with Gasteiger partial charge in [-0.1, -0.05) is 29.3 Å². The largest absolute Gasteiger partial charge is 0.479 e. The van der Waals surface area contributed by atoms with E-state index in [1.807, 2.05) is 6.07 Å². The van der Waals surface area contributed by atoms with Gasteiger partial charge in [0.1, 0.15) is 5.69 Å². The summed E-state index contributed by atoms with van der Waals surface area (Å²) in [6.07, 6.45) is -4.65. The van der Waals surface area contributed by atoms with E-state index in [9.17, 15) is 27.9 Å². The zero-order valence-corrected chi connectivity index (χ0v) is 13.5. The van der Waals surface area contributed by atoms with Gasteiger partial charge in [0.05, 0.1) is 0 Å². The standard InChI is InChI=1S/C15H13F3N2O3S/c1-7-3-8(2)5-9(4-7)11(13(22)23)20-12(21)10-6-24-14(19-10)15(16,17)18/h3-6,11H,1-2H3,(H,20,21)(H,22,23). The van der Waals surface area contributed by atoms with E-state index in [0.717, 1.165) is 16.5 Å². The van der Waals surface area contributed by atoms with E-state index >= 15 is 0 Å². The summed E-state index contributed by atoms with van der Waals surface area (Å²) in [6, 6.07) is 3.63. The molecule has 0 aliphatic heterocycles. The maximum Gasteiger partial charge on any atom is 0.443 e. The van der Waals surface area contributed by atoms with Crippen molar-refractivity contribution < 1.29 is 27.9 Å². The minimum Gasteiger partial charge on any atom is -0.479 e. The highest BCUT2D eigenvalue weighted by molar-refractivity contribution is 7.09. The zero-order chi connectivity index (χ0) is 18.1. The fourth-order valence-corrected chi connectivity index (χ4v) is 2.85. The van der Waals surface area contributed by atoms with Gasteiger partial charge in [-0.2, -0.15) is 13.2 Å². The smallest absolute Gasteiger partial charge is 0.443 e. The lowest BCUT2D eigenvalue weighted by Gasteiger charge is -2.15. The molecule has 24 heavy (non-hydrogen) atoms.